The van der Waals surface area contributed by atoms with Gasteiger partial charge in [0.2, 0.25) is 5.91 Å². The van der Waals surface area contributed by atoms with Crippen LogP contribution in [-0.4, -0.2) is 36.4 Å². The van der Waals surface area contributed by atoms with Crippen LogP contribution in [0.4, 0.5) is 5.69 Å². The van der Waals surface area contributed by atoms with Crippen molar-refractivity contribution in [2.75, 3.05) is 25.5 Å². The number of carbonyl (C=O) groups excluding carboxylic acids is 1. The molecule has 1 atom stereocenters. The predicted molar refractivity (Wildman–Crippen MR) is 97.7 cm³/mol. The van der Waals surface area contributed by atoms with Crippen LogP contribution >= 0.6 is 0 Å². The topological polar surface area (TPSA) is 36.4 Å². The number of rotatable bonds is 4. The summed E-state index contributed by atoms with van der Waals surface area (Å²) < 4.78 is 0. The number of carbonyl (C=O) groups is 1. The summed E-state index contributed by atoms with van der Waals surface area (Å²) in [5, 5.41) is 0. The van der Waals surface area contributed by atoms with Gasteiger partial charge < -0.3 is 9.80 Å². The number of amides is 1. The highest BCUT2D eigenvalue weighted by Gasteiger charge is 2.28. The zero-order chi connectivity index (χ0) is 16.9. The summed E-state index contributed by atoms with van der Waals surface area (Å²) in [5.41, 5.74) is 3.32. The second kappa shape index (κ2) is 7.30. The van der Waals surface area contributed by atoms with Gasteiger partial charge in [-0.25, -0.2) is 0 Å². The molecule has 2 heterocycles. The zero-order valence-electron chi connectivity index (χ0n) is 14.2. The second-order valence-corrected chi connectivity index (χ2v) is 6.30. The number of nitrogens with zero attached hydrogens (tertiary/aromatic N) is 3. The number of benzene rings is 1. The van der Waals surface area contributed by atoms with Crippen LogP contribution in [0.25, 0.3) is 6.08 Å². The van der Waals surface area contributed by atoms with Gasteiger partial charge >= 0.3 is 0 Å². The van der Waals surface area contributed by atoms with Crippen molar-refractivity contribution in [1.29, 1.82) is 0 Å². The molecule has 0 spiro atoms. The van der Waals surface area contributed by atoms with Crippen molar-refractivity contribution < 1.29 is 4.79 Å². The van der Waals surface area contributed by atoms with Gasteiger partial charge in [0.1, 0.15) is 0 Å². The molecule has 3 rings (SSSR count). The molecule has 1 aromatic carbocycles. The van der Waals surface area contributed by atoms with Gasteiger partial charge in [-0.1, -0.05) is 18.2 Å². The zero-order valence-corrected chi connectivity index (χ0v) is 14.2. The van der Waals surface area contributed by atoms with E-state index in [1.165, 1.54) is 5.56 Å². The largest absolute Gasteiger partial charge is 0.378 e. The maximum absolute atomic E-state index is 12.6. The molecule has 4 heteroatoms. The summed E-state index contributed by atoms with van der Waals surface area (Å²) in [7, 11) is 4.07. The van der Waals surface area contributed by atoms with Crippen LogP contribution in [0.15, 0.2) is 54.9 Å². The van der Waals surface area contributed by atoms with E-state index in [2.05, 4.69) is 34.1 Å². The van der Waals surface area contributed by atoms with Crippen molar-refractivity contribution >= 4 is 17.7 Å². The minimum Gasteiger partial charge on any atom is -0.378 e. The maximum atomic E-state index is 12.6. The van der Waals surface area contributed by atoms with Crippen molar-refractivity contribution in [2.24, 2.45) is 0 Å². The summed E-state index contributed by atoms with van der Waals surface area (Å²) >= 11 is 0. The number of likely N-dealkylation sites (tertiary alicyclic amines) is 1. The van der Waals surface area contributed by atoms with E-state index in [0.717, 1.165) is 30.6 Å². The van der Waals surface area contributed by atoms with Gasteiger partial charge in [0, 0.05) is 44.8 Å². The molecular weight excluding hydrogens is 298 g/mol. The van der Waals surface area contributed by atoms with Crippen LogP contribution in [0.3, 0.4) is 0 Å². The van der Waals surface area contributed by atoms with E-state index >= 15 is 0 Å². The highest BCUT2D eigenvalue weighted by atomic mass is 16.2. The first kappa shape index (κ1) is 16.2. The average Bonchev–Trinajstić information content (AvgIpc) is 3.10. The molecular formula is C20H23N3O. The smallest absolute Gasteiger partial charge is 0.247 e. The van der Waals surface area contributed by atoms with Gasteiger partial charge in [-0.05, 0) is 48.2 Å². The third kappa shape index (κ3) is 3.65. The van der Waals surface area contributed by atoms with E-state index in [1.54, 1.807) is 18.5 Å². The lowest BCUT2D eigenvalue weighted by molar-refractivity contribution is -0.126. The van der Waals surface area contributed by atoms with Crippen LogP contribution in [0.5, 0.6) is 0 Å². The molecule has 24 heavy (non-hydrogen) atoms. The Labute approximate surface area is 143 Å². The fourth-order valence-corrected chi connectivity index (χ4v) is 3.13. The molecule has 124 valence electrons. The number of hydrogen-bond donors (Lipinski definition) is 0. The van der Waals surface area contributed by atoms with E-state index in [-0.39, 0.29) is 11.9 Å². The van der Waals surface area contributed by atoms with Gasteiger partial charge in [0.25, 0.3) is 0 Å². The Morgan fingerprint density at radius 2 is 2.17 bits per heavy atom. The van der Waals surface area contributed by atoms with Crippen LogP contribution < -0.4 is 4.90 Å². The van der Waals surface area contributed by atoms with Crippen molar-refractivity contribution in [2.45, 2.75) is 18.9 Å². The van der Waals surface area contributed by atoms with Crippen LogP contribution in [-0.2, 0) is 4.79 Å². The van der Waals surface area contributed by atoms with Gasteiger partial charge in [-0.3, -0.25) is 9.78 Å². The molecule has 1 saturated heterocycles. The third-order valence-electron chi connectivity index (χ3n) is 4.41. The van der Waals surface area contributed by atoms with Crippen molar-refractivity contribution in [3.8, 4) is 0 Å². The second-order valence-electron chi connectivity index (χ2n) is 6.30. The van der Waals surface area contributed by atoms with E-state index < -0.39 is 0 Å². The number of aromatic nitrogens is 1. The fraction of sp³-hybridized carbons (Fsp3) is 0.300. The van der Waals surface area contributed by atoms with Crippen LogP contribution in [0.1, 0.15) is 30.0 Å². The molecule has 1 aromatic heterocycles. The Morgan fingerprint density at radius 3 is 2.92 bits per heavy atom. The van der Waals surface area contributed by atoms with Crippen molar-refractivity contribution in [1.82, 2.24) is 9.88 Å². The Kier molecular flexibility index (Phi) is 4.94. The summed E-state index contributed by atoms with van der Waals surface area (Å²) in [6.45, 7) is 0.813. The minimum absolute atomic E-state index is 0.0663. The highest BCUT2D eigenvalue weighted by Crippen LogP contribution is 2.33. The Bertz CT molecular complexity index is 725. The van der Waals surface area contributed by atoms with Gasteiger partial charge in [0.05, 0.1) is 6.04 Å². The molecule has 0 saturated carbocycles. The van der Waals surface area contributed by atoms with E-state index in [1.807, 2.05) is 37.2 Å². The monoisotopic (exact) mass is 321 g/mol. The lowest BCUT2D eigenvalue weighted by atomic mass is 10.0. The third-order valence-corrected chi connectivity index (χ3v) is 4.41. The van der Waals surface area contributed by atoms with Crippen LogP contribution in [0.2, 0.25) is 0 Å². The first-order valence-corrected chi connectivity index (χ1v) is 8.31. The highest BCUT2D eigenvalue weighted by molar-refractivity contribution is 5.92. The maximum Gasteiger partial charge on any atom is 0.247 e. The Balaban J connectivity index is 1.76. The number of anilines is 1. The summed E-state index contributed by atoms with van der Waals surface area (Å²) in [6.07, 6.45) is 9.04. The van der Waals surface area contributed by atoms with Gasteiger partial charge in [0.15, 0.2) is 0 Å². The first-order valence-electron chi connectivity index (χ1n) is 8.31. The molecule has 2 aromatic rings. The predicted octanol–water partition coefficient (Wildman–Crippen LogP) is 3.52. The number of pyridine rings is 1. The fourth-order valence-electron chi connectivity index (χ4n) is 3.13. The number of hydrogen-bond acceptors (Lipinski definition) is 3. The molecule has 4 nitrogen and oxygen atoms in total. The lowest BCUT2D eigenvalue weighted by Gasteiger charge is -2.25. The van der Waals surface area contributed by atoms with Gasteiger partial charge in [-0.2, -0.15) is 0 Å². The first-order chi connectivity index (χ1) is 11.6. The van der Waals surface area contributed by atoms with Crippen molar-refractivity contribution in [3.63, 3.8) is 0 Å². The van der Waals surface area contributed by atoms with E-state index in [9.17, 15) is 4.79 Å². The molecule has 0 bridgehead atoms. The molecule has 1 amide bonds. The van der Waals surface area contributed by atoms with Crippen molar-refractivity contribution in [3.05, 3.63) is 66.0 Å². The van der Waals surface area contributed by atoms with Crippen LogP contribution in [0, 0.1) is 0 Å². The molecule has 1 fully saturated rings. The molecule has 1 unspecified atom stereocenters. The SMILES string of the molecule is CN(C)c1cccc(C2CCCN2C(=O)C=Cc2cccnc2)c1. The molecule has 0 aliphatic carbocycles. The average molecular weight is 321 g/mol. The quantitative estimate of drug-likeness (QED) is 0.808. The van der Waals surface area contributed by atoms with E-state index in [4.69, 9.17) is 0 Å². The van der Waals surface area contributed by atoms with Gasteiger partial charge in [-0.15, -0.1) is 0 Å². The lowest BCUT2D eigenvalue weighted by Crippen LogP contribution is -2.29. The molecule has 0 N–H and O–H groups in total. The standard InChI is InChI=1S/C20H23N3O/c1-22(2)18-8-3-7-17(14-18)19-9-5-13-23(19)20(24)11-10-16-6-4-12-21-15-16/h3-4,6-8,10-12,14-15,19H,5,9,13H2,1-2H3. The molecule has 1 aliphatic heterocycles. The summed E-state index contributed by atoms with van der Waals surface area (Å²) in [6, 6.07) is 12.4. The minimum atomic E-state index is 0.0663. The van der Waals surface area contributed by atoms with E-state index in [0.29, 0.717) is 0 Å². The Hall–Kier alpha value is -2.62. The summed E-state index contributed by atoms with van der Waals surface area (Å²) in [4.78, 5) is 20.8. The molecule has 1 aliphatic rings. The Morgan fingerprint density at radius 1 is 1.29 bits per heavy atom. The normalized spacial score (nSPS) is 17.4. The summed E-state index contributed by atoms with van der Waals surface area (Å²) in [5.74, 6) is 0.0663. The molecule has 0 radical (unpaired) electrons.